The van der Waals surface area contributed by atoms with Crippen molar-refractivity contribution >= 4 is 17.6 Å². The van der Waals surface area contributed by atoms with Crippen molar-refractivity contribution in [3.63, 3.8) is 0 Å². The Balaban J connectivity index is 2.89. The van der Waals surface area contributed by atoms with Crippen molar-refractivity contribution in [3.8, 4) is 0 Å². The summed E-state index contributed by atoms with van der Waals surface area (Å²) in [5.74, 6) is -0.382. The van der Waals surface area contributed by atoms with Gasteiger partial charge in [-0.3, -0.25) is 9.59 Å². The first-order chi connectivity index (χ1) is 9.35. The molecule has 0 radical (unpaired) electrons. The van der Waals surface area contributed by atoms with E-state index < -0.39 is 0 Å². The average molecular weight is 278 g/mol. The van der Waals surface area contributed by atoms with Crippen LogP contribution in [0.15, 0.2) is 12.1 Å². The van der Waals surface area contributed by atoms with Gasteiger partial charge in [0.05, 0.1) is 6.04 Å². The van der Waals surface area contributed by atoms with Crippen molar-refractivity contribution in [3.05, 3.63) is 28.8 Å². The van der Waals surface area contributed by atoms with Crippen LogP contribution in [0.25, 0.3) is 0 Å². The number of carbonyl (C=O) groups excluding carboxylic acids is 2. The smallest absolute Gasteiger partial charge is 0.302 e. The van der Waals surface area contributed by atoms with Crippen molar-refractivity contribution in [2.45, 2.75) is 40.3 Å². The summed E-state index contributed by atoms with van der Waals surface area (Å²) in [4.78, 5) is 22.7. The van der Waals surface area contributed by atoms with E-state index >= 15 is 0 Å². The maximum atomic E-state index is 11.9. The molecule has 1 atom stereocenters. The van der Waals surface area contributed by atoms with Gasteiger partial charge in [-0.05, 0) is 44.5 Å². The zero-order valence-corrected chi connectivity index (χ0v) is 12.7. The lowest BCUT2D eigenvalue weighted by Crippen LogP contribution is -2.35. The highest BCUT2D eigenvalue weighted by Crippen LogP contribution is 2.23. The number of hydrogen-bond donors (Lipinski definition) is 2. The third-order valence-electron chi connectivity index (χ3n) is 3.11. The molecule has 0 bridgehead atoms. The van der Waals surface area contributed by atoms with Crippen LogP contribution in [0.1, 0.15) is 30.5 Å². The first-order valence-corrected chi connectivity index (χ1v) is 6.56. The standard InChI is InChI=1S/C15H22N2O3/c1-9-6-13(8-20-12(4)18)7-10(2)14(9)17-15(19)11(3)16-5/h6-7,11,16H,8H2,1-5H3,(H,17,19). The molecule has 1 aromatic rings. The second-order valence-electron chi connectivity index (χ2n) is 4.88. The molecule has 0 aliphatic carbocycles. The van der Waals surface area contributed by atoms with Gasteiger partial charge in [0.1, 0.15) is 6.61 Å². The lowest BCUT2D eigenvalue weighted by atomic mass is 10.0. The van der Waals surface area contributed by atoms with Gasteiger partial charge in [0.25, 0.3) is 0 Å². The van der Waals surface area contributed by atoms with Crippen LogP contribution < -0.4 is 10.6 Å². The number of likely N-dealkylation sites (N-methyl/N-ethyl adjacent to an activating group) is 1. The number of hydrogen-bond acceptors (Lipinski definition) is 4. The molecule has 20 heavy (non-hydrogen) atoms. The quantitative estimate of drug-likeness (QED) is 0.807. The number of nitrogens with one attached hydrogen (secondary N) is 2. The summed E-state index contributed by atoms with van der Waals surface area (Å²) in [6.07, 6.45) is 0. The average Bonchev–Trinajstić information content (AvgIpc) is 2.39. The molecular weight excluding hydrogens is 256 g/mol. The van der Waals surface area contributed by atoms with E-state index in [0.29, 0.717) is 0 Å². The van der Waals surface area contributed by atoms with Crippen molar-refractivity contribution in [2.75, 3.05) is 12.4 Å². The van der Waals surface area contributed by atoms with Crippen molar-refractivity contribution in [1.29, 1.82) is 0 Å². The lowest BCUT2D eigenvalue weighted by Gasteiger charge is -2.16. The van der Waals surface area contributed by atoms with Crippen molar-refractivity contribution in [2.24, 2.45) is 0 Å². The molecule has 0 aromatic heterocycles. The zero-order chi connectivity index (χ0) is 15.3. The zero-order valence-electron chi connectivity index (χ0n) is 12.7. The fourth-order valence-electron chi connectivity index (χ4n) is 1.88. The Morgan fingerprint density at radius 1 is 1.25 bits per heavy atom. The van der Waals surface area contributed by atoms with E-state index in [2.05, 4.69) is 10.6 Å². The monoisotopic (exact) mass is 278 g/mol. The van der Waals surface area contributed by atoms with Crippen LogP contribution in [0, 0.1) is 13.8 Å². The summed E-state index contributed by atoms with van der Waals surface area (Å²) in [7, 11) is 1.74. The predicted molar refractivity (Wildman–Crippen MR) is 78.5 cm³/mol. The fraction of sp³-hybridized carbons (Fsp3) is 0.467. The van der Waals surface area contributed by atoms with Crippen LogP contribution in [0.3, 0.4) is 0 Å². The minimum atomic E-state index is -0.305. The SMILES string of the molecule is CNC(C)C(=O)Nc1c(C)cc(COC(C)=O)cc1C. The largest absolute Gasteiger partial charge is 0.461 e. The normalized spacial score (nSPS) is 11.8. The van der Waals surface area contributed by atoms with E-state index in [9.17, 15) is 9.59 Å². The molecular formula is C15H22N2O3. The van der Waals surface area contributed by atoms with Crippen LogP contribution in [0.5, 0.6) is 0 Å². The highest BCUT2D eigenvalue weighted by molar-refractivity contribution is 5.95. The van der Waals surface area contributed by atoms with Gasteiger partial charge in [-0.1, -0.05) is 12.1 Å². The third-order valence-corrected chi connectivity index (χ3v) is 3.11. The Morgan fingerprint density at radius 3 is 2.25 bits per heavy atom. The van der Waals surface area contributed by atoms with Gasteiger partial charge in [0, 0.05) is 12.6 Å². The number of anilines is 1. The molecule has 1 unspecified atom stereocenters. The number of amides is 1. The molecule has 110 valence electrons. The second-order valence-corrected chi connectivity index (χ2v) is 4.88. The third kappa shape index (κ3) is 4.35. The van der Waals surface area contributed by atoms with E-state index in [0.717, 1.165) is 22.4 Å². The van der Waals surface area contributed by atoms with Gasteiger partial charge in [-0.2, -0.15) is 0 Å². The number of ether oxygens (including phenoxy) is 1. The number of aryl methyl sites for hydroxylation is 2. The predicted octanol–water partition coefficient (Wildman–Crippen LogP) is 1.91. The van der Waals surface area contributed by atoms with Gasteiger partial charge < -0.3 is 15.4 Å². The van der Waals surface area contributed by atoms with E-state index in [4.69, 9.17) is 4.74 Å². The summed E-state index contributed by atoms with van der Waals surface area (Å²) in [6, 6.07) is 3.57. The highest BCUT2D eigenvalue weighted by Gasteiger charge is 2.13. The maximum Gasteiger partial charge on any atom is 0.302 e. The van der Waals surface area contributed by atoms with E-state index in [1.807, 2.05) is 26.0 Å². The van der Waals surface area contributed by atoms with Crippen LogP contribution >= 0.6 is 0 Å². The Labute approximate surface area is 119 Å². The molecule has 0 saturated heterocycles. The lowest BCUT2D eigenvalue weighted by molar-refractivity contribution is -0.142. The molecule has 0 heterocycles. The van der Waals surface area contributed by atoms with Gasteiger partial charge in [-0.25, -0.2) is 0 Å². The Morgan fingerprint density at radius 2 is 1.80 bits per heavy atom. The van der Waals surface area contributed by atoms with Crippen molar-refractivity contribution in [1.82, 2.24) is 5.32 Å². The molecule has 1 amide bonds. The van der Waals surface area contributed by atoms with Crippen LogP contribution in [0.2, 0.25) is 0 Å². The minimum absolute atomic E-state index is 0.0774. The molecule has 5 nitrogen and oxygen atoms in total. The first kappa shape index (κ1) is 16.2. The molecule has 0 spiro atoms. The molecule has 2 N–H and O–H groups in total. The summed E-state index contributed by atoms with van der Waals surface area (Å²) in [6.45, 7) is 7.27. The number of rotatable bonds is 5. The van der Waals surface area contributed by atoms with Gasteiger partial charge in [-0.15, -0.1) is 0 Å². The summed E-state index contributed by atoms with van der Waals surface area (Å²) >= 11 is 0. The van der Waals surface area contributed by atoms with Crippen LogP contribution in [0.4, 0.5) is 5.69 Å². The van der Waals surface area contributed by atoms with Crippen LogP contribution in [-0.2, 0) is 20.9 Å². The van der Waals surface area contributed by atoms with Crippen molar-refractivity contribution < 1.29 is 14.3 Å². The van der Waals surface area contributed by atoms with Gasteiger partial charge >= 0.3 is 5.97 Å². The molecule has 0 aliphatic rings. The maximum absolute atomic E-state index is 11.9. The van der Waals surface area contributed by atoms with Crippen LogP contribution in [-0.4, -0.2) is 25.0 Å². The van der Waals surface area contributed by atoms with Gasteiger partial charge in [0.15, 0.2) is 0 Å². The molecule has 1 rings (SSSR count). The molecule has 1 aromatic carbocycles. The highest BCUT2D eigenvalue weighted by atomic mass is 16.5. The second kappa shape index (κ2) is 7.05. The molecule has 0 fully saturated rings. The number of esters is 1. The topological polar surface area (TPSA) is 67.4 Å². The van der Waals surface area contributed by atoms with Gasteiger partial charge in [0.2, 0.25) is 5.91 Å². The number of carbonyl (C=O) groups is 2. The molecule has 5 heteroatoms. The molecule has 0 saturated carbocycles. The summed E-state index contributed by atoms with van der Waals surface area (Å²) in [5, 5.41) is 5.81. The van der Waals surface area contributed by atoms with E-state index in [1.165, 1.54) is 6.92 Å². The summed E-state index contributed by atoms with van der Waals surface area (Å²) < 4.78 is 4.98. The van der Waals surface area contributed by atoms with E-state index in [1.54, 1.807) is 14.0 Å². The number of benzene rings is 1. The fourth-order valence-corrected chi connectivity index (χ4v) is 1.88. The Kier molecular flexibility index (Phi) is 5.70. The van der Waals surface area contributed by atoms with E-state index in [-0.39, 0.29) is 24.5 Å². The Hall–Kier alpha value is -1.88. The Bertz CT molecular complexity index is 489. The summed E-state index contributed by atoms with van der Waals surface area (Å²) in [5.41, 5.74) is 3.62. The molecule has 0 aliphatic heterocycles. The first-order valence-electron chi connectivity index (χ1n) is 6.56. The minimum Gasteiger partial charge on any atom is -0.461 e.